The molecule has 0 aromatic heterocycles. The van der Waals surface area contributed by atoms with Crippen LogP contribution < -0.4 is 19.1 Å². The Morgan fingerprint density at radius 3 is 2.21 bits per heavy atom. The van der Waals surface area contributed by atoms with E-state index in [1.807, 2.05) is 27.7 Å². The molecule has 4 rings (SSSR count). The van der Waals surface area contributed by atoms with E-state index in [9.17, 15) is 14.7 Å². The van der Waals surface area contributed by atoms with E-state index in [4.69, 9.17) is 14.2 Å². The van der Waals surface area contributed by atoms with Gasteiger partial charge in [0, 0.05) is 11.3 Å². The molecule has 3 aromatic carbocycles. The van der Waals surface area contributed by atoms with Crippen molar-refractivity contribution in [2.24, 2.45) is 0 Å². The summed E-state index contributed by atoms with van der Waals surface area (Å²) in [4.78, 5) is 28.3. The summed E-state index contributed by atoms with van der Waals surface area (Å²) in [6.45, 7) is 8.34. The standard InChI is InChI=1S/C31H33NO6/c1-6-17-37-26-16-9-22(18-20(26)4)29(33)27-28(21-7-12-24(36-5)13-8-21)32(31(35)30(27)34)23-10-14-25(15-11-23)38-19(2)3/h7-16,18-19,28,33H,6,17H2,1-5H3/b29-27-. The van der Waals surface area contributed by atoms with E-state index in [0.29, 0.717) is 40.7 Å². The molecule has 1 saturated heterocycles. The maximum atomic E-state index is 13.4. The van der Waals surface area contributed by atoms with Crippen LogP contribution in [0.4, 0.5) is 5.69 Å². The molecule has 0 radical (unpaired) electrons. The zero-order valence-corrected chi connectivity index (χ0v) is 22.4. The van der Waals surface area contributed by atoms with E-state index >= 15 is 0 Å². The van der Waals surface area contributed by atoms with Crippen LogP contribution in [0.1, 0.15) is 49.9 Å². The smallest absolute Gasteiger partial charge is 0.300 e. The number of ketones is 1. The molecule has 38 heavy (non-hydrogen) atoms. The van der Waals surface area contributed by atoms with E-state index in [-0.39, 0.29) is 17.4 Å². The fourth-order valence-corrected chi connectivity index (χ4v) is 4.48. The van der Waals surface area contributed by atoms with Crippen LogP contribution in [0, 0.1) is 6.92 Å². The van der Waals surface area contributed by atoms with Gasteiger partial charge in [0.05, 0.1) is 31.4 Å². The number of hydrogen-bond acceptors (Lipinski definition) is 6. The molecule has 1 heterocycles. The van der Waals surface area contributed by atoms with Crippen molar-refractivity contribution in [3.05, 3.63) is 89.0 Å². The number of aliphatic hydroxyl groups excluding tert-OH is 1. The number of aliphatic hydroxyl groups is 1. The van der Waals surface area contributed by atoms with Gasteiger partial charge in [0.25, 0.3) is 11.7 Å². The number of aryl methyl sites for hydroxylation is 1. The van der Waals surface area contributed by atoms with Gasteiger partial charge in [-0.2, -0.15) is 0 Å². The minimum Gasteiger partial charge on any atom is -0.507 e. The first kappa shape index (κ1) is 26.8. The number of benzene rings is 3. The average Bonchev–Trinajstić information content (AvgIpc) is 3.17. The van der Waals surface area contributed by atoms with Crippen molar-refractivity contribution in [3.8, 4) is 17.2 Å². The summed E-state index contributed by atoms with van der Waals surface area (Å²) in [6, 6.07) is 18.5. The summed E-state index contributed by atoms with van der Waals surface area (Å²) in [5, 5.41) is 11.4. The molecule has 1 amide bonds. The second-order valence-corrected chi connectivity index (χ2v) is 9.43. The highest BCUT2D eigenvalue weighted by atomic mass is 16.5. The normalized spacial score (nSPS) is 16.7. The second kappa shape index (κ2) is 11.4. The molecule has 7 heteroatoms. The molecule has 3 aromatic rings. The van der Waals surface area contributed by atoms with Gasteiger partial charge in [0.1, 0.15) is 23.0 Å². The van der Waals surface area contributed by atoms with Gasteiger partial charge in [0.2, 0.25) is 0 Å². The van der Waals surface area contributed by atoms with E-state index in [0.717, 1.165) is 12.0 Å². The maximum absolute atomic E-state index is 13.4. The van der Waals surface area contributed by atoms with E-state index in [1.54, 1.807) is 73.8 Å². The number of hydrogen-bond donors (Lipinski definition) is 1. The van der Waals surface area contributed by atoms with Gasteiger partial charge in [-0.3, -0.25) is 14.5 Å². The van der Waals surface area contributed by atoms with Crippen LogP contribution in [0.5, 0.6) is 17.2 Å². The number of carbonyl (C=O) groups excluding carboxylic acids is 2. The Hall–Kier alpha value is -4.26. The molecule has 1 aliphatic rings. The first-order chi connectivity index (χ1) is 18.2. The SMILES string of the molecule is CCCOc1ccc(/C(O)=C2/C(=O)C(=O)N(c3ccc(OC(C)C)cc3)C2c2ccc(OC)cc2)cc1C. The molecule has 1 N–H and O–H groups in total. The number of rotatable bonds is 9. The topological polar surface area (TPSA) is 85.3 Å². The molecule has 0 aliphatic carbocycles. The third-order valence-electron chi connectivity index (χ3n) is 6.27. The Kier molecular flexibility index (Phi) is 8.05. The molecule has 7 nitrogen and oxygen atoms in total. The Bertz CT molecular complexity index is 1340. The van der Waals surface area contributed by atoms with Crippen LogP contribution in [0.15, 0.2) is 72.3 Å². The molecule has 1 unspecified atom stereocenters. The molecule has 0 saturated carbocycles. The average molecular weight is 516 g/mol. The lowest BCUT2D eigenvalue weighted by Crippen LogP contribution is -2.29. The summed E-state index contributed by atoms with van der Waals surface area (Å²) in [5.74, 6) is 0.288. The highest BCUT2D eigenvalue weighted by Gasteiger charge is 2.47. The zero-order valence-electron chi connectivity index (χ0n) is 22.4. The number of Topliss-reactive ketones (excluding diaryl/α,β-unsaturated/α-hetero) is 1. The van der Waals surface area contributed by atoms with Crippen LogP contribution in [-0.4, -0.2) is 36.6 Å². The minimum absolute atomic E-state index is 0.00315. The van der Waals surface area contributed by atoms with Gasteiger partial charge in [-0.25, -0.2) is 0 Å². The molecular formula is C31H33NO6. The van der Waals surface area contributed by atoms with Crippen LogP contribution in [0.2, 0.25) is 0 Å². The van der Waals surface area contributed by atoms with Crippen LogP contribution in [0.3, 0.4) is 0 Å². The van der Waals surface area contributed by atoms with E-state index in [2.05, 4.69) is 0 Å². The number of carbonyl (C=O) groups is 2. The van der Waals surface area contributed by atoms with Crippen molar-refractivity contribution in [2.75, 3.05) is 18.6 Å². The Balaban J connectivity index is 1.83. The highest BCUT2D eigenvalue weighted by molar-refractivity contribution is 6.51. The Morgan fingerprint density at radius 1 is 0.974 bits per heavy atom. The van der Waals surface area contributed by atoms with E-state index < -0.39 is 17.7 Å². The zero-order chi connectivity index (χ0) is 27.4. The van der Waals surface area contributed by atoms with Crippen molar-refractivity contribution in [1.82, 2.24) is 0 Å². The van der Waals surface area contributed by atoms with Crippen molar-refractivity contribution >= 4 is 23.1 Å². The fourth-order valence-electron chi connectivity index (χ4n) is 4.48. The Morgan fingerprint density at radius 2 is 1.63 bits per heavy atom. The molecule has 1 fully saturated rings. The quantitative estimate of drug-likeness (QED) is 0.207. The molecule has 0 bridgehead atoms. The van der Waals surface area contributed by atoms with Crippen LogP contribution in [0.25, 0.3) is 5.76 Å². The van der Waals surface area contributed by atoms with Crippen LogP contribution in [-0.2, 0) is 9.59 Å². The second-order valence-electron chi connectivity index (χ2n) is 9.43. The summed E-state index contributed by atoms with van der Waals surface area (Å²) in [6.07, 6.45) is 0.869. The number of ether oxygens (including phenoxy) is 3. The first-order valence-electron chi connectivity index (χ1n) is 12.7. The number of methoxy groups -OCH3 is 1. The summed E-state index contributed by atoms with van der Waals surface area (Å²) >= 11 is 0. The summed E-state index contributed by atoms with van der Waals surface area (Å²) < 4.78 is 16.8. The molecular weight excluding hydrogens is 482 g/mol. The molecule has 198 valence electrons. The third-order valence-corrected chi connectivity index (χ3v) is 6.27. The molecule has 1 aliphatic heterocycles. The van der Waals surface area contributed by atoms with Crippen molar-refractivity contribution in [2.45, 2.75) is 46.3 Å². The maximum Gasteiger partial charge on any atom is 0.300 e. The van der Waals surface area contributed by atoms with Gasteiger partial charge >= 0.3 is 0 Å². The molecule has 0 spiro atoms. The first-order valence-corrected chi connectivity index (χ1v) is 12.7. The largest absolute Gasteiger partial charge is 0.507 e. The highest BCUT2D eigenvalue weighted by Crippen LogP contribution is 2.43. The number of anilines is 1. The number of nitrogens with zero attached hydrogens (tertiary/aromatic N) is 1. The van der Waals surface area contributed by atoms with Crippen molar-refractivity contribution in [3.63, 3.8) is 0 Å². The summed E-state index contributed by atoms with van der Waals surface area (Å²) in [5.41, 5.74) is 2.45. The van der Waals surface area contributed by atoms with Gasteiger partial charge in [-0.05, 0) is 92.9 Å². The van der Waals surface area contributed by atoms with Gasteiger partial charge < -0.3 is 19.3 Å². The lowest BCUT2D eigenvalue weighted by Gasteiger charge is -2.26. The van der Waals surface area contributed by atoms with Crippen LogP contribution >= 0.6 is 0 Å². The summed E-state index contributed by atoms with van der Waals surface area (Å²) in [7, 11) is 1.57. The molecule has 1 atom stereocenters. The monoisotopic (exact) mass is 515 g/mol. The predicted octanol–water partition coefficient (Wildman–Crippen LogP) is 6.21. The number of amides is 1. The lowest BCUT2D eigenvalue weighted by atomic mass is 9.94. The minimum atomic E-state index is -0.839. The van der Waals surface area contributed by atoms with Gasteiger partial charge in [-0.1, -0.05) is 19.1 Å². The fraction of sp³-hybridized carbons (Fsp3) is 0.290. The van der Waals surface area contributed by atoms with Gasteiger partial charge in [0.15, 0.2) is 0 Å². The van der Waals surface area contributed by atoms with Crippen molar-refractivity contribution in [1.29, 1.82) is 0 Å². The lowest BCUT2D eigenvalue weighted by molar-refractivity contribution is -0.132. The Labute approximate surface area is 223 Å². The third kappa shape index (κ3) is 5.37. The van der Waals surface area contributed by atoms with E-state index in [1.165, 1.54) is 4.90 Å². The predicted molar refractivity (Wildman–Crippen MR) is 147 cm³/mol. The van der Waals surface area contributed by atoms with Crippen molar-refractivity contribution < 1.29 is 28.9 Å². The van der Waals surface area contributed by atoms with Gasteiger partial charge in [-0.15, -0.1) is 0 Å².